The lowest BCUT2D eigenvalue weighted by Crippen LogP contribution is -2.51. The number of nitrogens with zero attached hydrogens (tertiary/aromatic N) is 4. The van der Waals surface area contributed by atoms with E-state index >= 15 is 0 Å². The van der Waals surface area contributed by atoms with Crippen LogP contribution in [0.15, 0.2) is 6.33 Å². The van der Waals surface area contributed by atoms with Gasteiger partial charge in [-0.05, 0) is 0 Å². The lowest BCUT2D eigenvalue weighted by Gasteiger charge is -2.36. The van der Waals surface area contributed by atoms with Crippen molar-refractivity contribution in [3.8, 4) is 0 Å². The van der Waals surface area contributed by atoms with Gasteiger partial charge in [0.25, 0.3) is 0 Å². The molecule has 1 N–H and O–H groups in total. The monoisotopic (exact) mass is 353 g/mol. The number of carbonyl (C=O) groups excluding carboxylic acids is 2. The molecule has 2 aliphatic heterocycles. The third kappa shape index (κ3) is 4.19. The summed E-state index contributed by atoms with van der Waals surface area (Å²) in [6, 6.07) is -0.122. The highest BCUT2D eigenvalue weighted by atomic mass is 16.8. The average molecular weight is 353 g/mol. The van der Waals surface area contributed by atoms with Crippen molar-refractivity contribution >= 4 is 12.2 Å². The largest absolute Gasteiger partial charge is 0.509 e. The molecule has 1 spiro atoms. The van der Waals surface area contributed by atoms with E-state index in [0.29, 0.717) is 52.0 Å². The molecule has 10 heteroatoms. The zero-order valence-electron chi connectivity index (χ0n) is 14.3. The standard InChI is InChI=1S/C15H23N5O5/c1-23-9-8-20-11-17-18-12(20)2-5-16-13(21)19-6-3-15(4-7-19)10-24-14(22)25-15/h11H,2-10H2,1H3,(H,16,21). The van der Waals surface area contributed by atoms with Crippen LogP contribution in [0.1, 0.15) is 18.7 Å². The number of nitrogens with one attached hydrogen (secondary N) is 1. The number of methoxy groups -OCH3 is 1. The Bertz CT molecular complexity index is 611. The first-order valence-corrected chi connectivity index (χ1v) is 8.36. The van der Waals surface area contributed by atoms with Crippen molar-refractivity contribution in [1.29, 1.82) is 0 Å². The highest BCUT2D eigenvalue weighted by Gasteiger charge is 2.45. The Hall–Kier alpha value is -2.36. The van der Waals surface area contributed by atoms with E-state index in [2.05, 4.69) is 15.5 Å². The number of piperidine rings is 1. The van der Waals surface area contributed by atoms with Gasteiger partial charge in [0.05, 0.1) is 6.61 Å². The molecule has 0 aromatic carbocycles. The number of rotatable bonds is 6. The predicted octanol–water partition coefficient (Wildman–Crippen LogP) is 0.178. The molecule has 1 aromatic rings. The Morgan fingerprint density at radius 3 is 2.92 bits per heavy atom. The minimum atomic E-state index is -0.615. The van der Waals surface area contributed by atoms with Crippen LogP contribution in [-0.2, 0) is 27.2 Å². The Balaban J connectivity index is 1.40. The second-order valence-electron chi connectivity index (χ2n) is 6.23. The second-order valence-corrected chi connectivity index (χ2v) is 6.23. The molecule has 0 radical (unpaired) electrons. The summed E-state index contributed by atoms with van der Waals surface area (Å²) >= 11 is 0. The van der Waals surface area contributed by atoms with Gasteiger partial charge in [0, 0.05) is 52.6 Å². The maximum atomic E-state index is 12.3. The van der Waals surface area contributed by atoms with Crippen LogP contribution in [0.25, 0.3) is 0 Å². The van der Waals surface area contributed by atoms with Crippen molar-refractivity contribution in [1.82, 2.24) is 25.0 Å². The van der Waals surface area contributed by atoms with Crippen LogP contribution in [0.2, 0.25) is 0 Å². The van der Waals surface area contributed by atoms with E-state index < -0.39 is 11.8 Å². The fourth-order valence-electron chi connectivity index (χ4n) is 3.03. The zero-order chi connectivity index (χ0) is 17.7. The summed E-state index contributed by atoms with van der Waals surface area (Å²) in [6.07, 6.45) is 2.83. The van der Waals surface area contributed by atoms with Crippen LogP contribution in [0, 0.1) is 0 Å². The summed E-state index contributed by atoms with van der Waals surface area (Å²) in [5.74, 6) is 0.810. The average Bonchev–Trinajstić information content (AvgIpc) is 3.20. The molecule has 10 nitrogen and oxygen atoms in total. The zero-order valence-corrected chi connectivity index (χ0v) is 14.3. The van der Waals surface area contributed by atoms with Gasteiger partial charge in [0.2, 0.25) is 0 Å². The van der Waals surface area contributed by atoms with Crippen LogP contribution in [0.3, 0.4) is 0 Å². The molecule has 25 heavy (non-hydrogen) atoms. The topological polar surface area (TPSA) is 108 Å². The van der Waals surface area contributed by atoms with E-state index in [1.807, 2.05) is 4.57 Å². The highest BCUT2D eigenvalue weighted by molar-refractivity contribution is 5.74. The van der Waals surface area contributed by atoms with E-state index in [4.69, 9.17) is 14.2 Å². The minimum absolute atomic E-state index is 0.122. The van der Waals surface area contributed by atoms with Gasteiger partial charge >= 0.3 is 12.2 Å². The molecular weight excluding hydrogens is 330 g/mol. The molecule has 2 amide bonds. The first-order chi connectivity index (χ1) is 12.1. The summed E-state index contributed by atoms with van der Waals surface area (Å²) in [5, 5.41) is 10.9. The number of likely N-dealkylation sites (tertiary alicyclic amines) is 1. The number of amides is 2. The number of hydrogen-bond donors (Lipinski definition) is 1. The summed E-state index contributed by atoms with van der Waals surface area (Å²) in [6.45, 7) is 3.09. The Morgan fingerprint density at radius 2 is 2.24 bits per heavy atom. The molecule has 0 bridgehead atoms. The first kappa shape index (κ1) is 17.5. The van der Waals surface area contributed by atoms with E-state index in [9.17, 15) is 9.59 Å². The molecule has 2 aliphatic rings. The Kier molecular flexibility index (Phi) is 5.37. The molecule has 0 unspecified atom stereocenters. The molecule has 0 aliphatic carbocycles. The van der Waals surface area contributed by atoms with Gasteiger partial charge < -0.3 is 29.0 Å². The normalized spacial score (nSPS) is 18.9. The van der Waals surface area contributed by atoms with Gasteiger partial charge in [-0.3, -0.25) is 0 Å². The Labute approximate surface area is 145 Å². The summed E-state index contributed by atoms with van der Waals surface area (Å²) in [4.78, 5) is 25.1. The van der Waals surface area contributed by atoms with Crippen molar-refractivity contribution in [3.05, 3.63) is 12.2 Å². The van der Waals surface area contributed by atoms with E-state index in [1.54, 1.807) is 18.3 Å². The van der Waals surface area contributed by atoms with E-state index in [1.165, 1.54) is 0 Å². The van der Waals surface area contributed by atoms with E-state index in [0.717, 1.165) is 5.82 Å². The molecule has 3 rings (SSSR count). The van der Waals surface area contributed by atoms with Crippen molar-refractivity contribution < 1.29 is 23.8 Å². The molecule has 0 saturated carbocycles. The summed E-state index contributed by atoms with van der Waals surface area (Å²) in [5.41, 5.74) is -0.550. The number of cyclic esters (lactones) is 1. The fraction of sp³-hybridized carbons (Fsp3) is 0.733. The molecule has 138 valence electrons. The number of aromatic nitrogens is 3. The molecule has 2 fully saturated rings. The lowest BCUT2D eigenvalue weighted by atomic mass is 9.92. The first-order valence-electron chi connectivity index (χ1n) is 8.36. The van der Waals surface area contributed by atoms with Gasteiger partial charge in [-0.25, -0.2) is 9.59 Å². The van der Waals surface area contributed by atoms with Crippen LogP contribution < -0.4 is 5.32 Å². The summed E-state index contributed by atoms with van der Waals surface area (Å²) < 4.78 is 17.1. The van der Waals surface area contributed by atoms with E-state index in [-0.39, 0.29) is 12.6 Å². The van der Waals surface area contributed by atoms with Crippen LogP contribution >= 0.6 is 0 Å². The summed E-state index contributed by atoms with van der Waals surface area (Å²) in [7, 11) is 1.64. The van der Waals surface area contributed by atoms with Crippen molar-refractivity contribution in [2.75, 3.05) is 40.0 Å². The second kappa shape index (κ2) is 7.68. The smallest absolute Gasteiger partial charge is 0.430 e. The number of ether oxygens (including phenoxy) is 3. The van der Waals surface area contributed by atoms with Gasteiger partial charge in [0.1, 0.15) is 18.8 Å². The van der Waals surface area contributed by atoms with Crippen LogP contribution in [-0.4, -0.2) is 77.4 Å². The molecule has 0 atom stereocenters. The number of carbonyl (C=O) groups is 2. The molecule has 2 saturated heterocycles. The van der Waals surface area contributed by atoms with Gasteiger partial charge in [0.15, 0.2) is 5.60 Å². The maximum absolute atomic E-state index is 12.3. The predicted molar refractivity (Wildman–Crippen MR) is 85.0 cm³/mol. The molecule has 1 aromatic heterocycles. The van der Waals surface area contributed by atoms with Crippen molar-refractivity contribution in [2.24, 2.45) is 0 Å². The number of hydrogen-bond acceptors (Lipinski definition) is 7. The fourth-order valence-corrected chi connectivity index (χ4v) is 3.03. The Morgan fingerprint density at radius 1 is 1.44 bits per heavy atom. The van der Waals surface area contributed by atoms with Crippen LogP contribution in [0.5, 0.6) is 0 Å². The highest BCUT2D eigenvalue weighted by Crippen LogP contribution is 2.31. The van der Waals surface area contributed by atoms with Gasteiger partial charge in [-0.2, -0.15) is 0 Å². The van der Waals surface area contributed by atoms with Crippen molar-refractivity contribution in [2.45, 2.75) is 31.4 Å². The van der Waals surface area contributed by atoms with Crippen LogP contribution in [0.4, 0.5) is 9.59 Å². The van der Waals surface area contributed by atoms with Gasteiger partial charge in [-0.1, -0.05) is 0 Å². The minimum Gasteiger partial charge on any atom is -0.430 e. The lowest BCUT2D eigenvalue weighted by molar-refractivity contribution is 0.00939. The van der Waals surface area contributed by atoms with Crippen molar-refractivity contribution in [3.63, 3.8) is 0 Å². The quantitative estimate of drug-likeness (QED) is 0.727. The third-order valence-corrected chi connectivity index (χ3v) is 4.57. The number of urea groups is 1. The third-order valence-electron chi connectivity index (χ3n) is 4.57. The van der Waals surface area contributed by atoms with Gasteiger partial charge in [-0.15, -0.1) is 10.2 Å². The maximum Gasteiger partial charge on any atom is 0.509 e. The molecule has 3 heterocycles. The molecular formula is C15H23N5O5. The SMILES string of the molecule is COCCn1cnnc1CCNC(=O)N1CCC2(CC1)COC(=O)O2.